The van der Waals surface area contributed by atoms with Crippen LogP contribution in [0.15, 0.2) is 35.4 Å². The Kier molecular flexibility index (Phi) is 7.80. The highest BCUT2D eigenvalue weighted by Gasteiger charge is 2.51. The van der Waals surface area contributed by atoms with Crippen molar-refractivity contribution in [2.45, 2.75) is 36.6 Å². The normalized spacial score (nSPS) is 20.9. The molecule has 36 heavy (non-hydrogen) atoms. The third-order valence-electron chi connectivity index (χ3n) is 5.33. The van der Waals surface area contributed by atoms with Crippen molar-refractivity contribution in [1.82, 2.24) is 9.29 Å². The van der Waals surface area contributed by atoms with E-state index in [0.717, 1.165) is 22.5 Å². The first-order valence-electron chi connectivity index (χ1n) is 10.6. The summed E-state index contributed by atoms with van der Waals surface area (Å²) in [4.78, 5) is 5.64. The average molecular weight is 534 g/mol. The van der Waals surface area contributed by atoms with Gasteiger partial charge in [0, 0.05) is 18.8 Å². The van der Waals surface area contributed by atoms with Gasteiger partial charge < -0.3 is 19.7 Å². The molecule has 9 nitrogen and oxygen atoms in total. The number of sulfonamides is 1. The number of aliphatic hydroxyl groups excluding tert-OH is 1. The fourth-order valence-corrected chi connectivity index (χ4v) is 4.83. The predicted molar refractivity (Wildman–Crippen MR) is 117 cm³/mol. The molecule has 0 amide bonds. The van der Waals surface area contributed by atoms with Gasteiger partial charge in [0.05, 0.1) is 26.3 Å². The van der Waals surface area contributed by atoms with E-state index in [1.807, 2.05) is 13.8 Å². The van der Waals surface area contributed by atoms with Crippen LogP contribution in [0.1, 0.15) is 19.5 Å². The maximum atomic E-state index is 14.3. The van der Waals surface area contributed by atoms with Gasteiger partial charge in [0.25, 0.3) is 0 Å². The maximum Gasteiger partial charge on any atom is 0.433 e. The molecule has 2 heterocycles. The van der Waals surface area contributed by atoms with E-state index in [1.54, 1.807) is 0 Å². The number of benzene rings is 1. The summed E-state index contributed by atoms with van der Waals surface area (Å²) < 4.78 is 90.7. The van der Waals surface area contributed by atoms with Crippen LogP contribution >= 0.6 is 0 Å². The smallest absolute Gasteiger partial charge is 0.433 e. The number of ether oxygens (including phenoxy) is 2. The van der Waals surface area contributed by atoms with Crippen molar-refractivity contribution in [1.29, 1.82) is 0 Å². The van der Waals surface area contributed by atoms with Gasteiger partial charge in [-0.15, -0.1) is 0 Å². The summed E-state index contributed by atoms with van der Waals surface area (Å²) in [7, 11) is -4.45. The molecule has 0 saturated carbocycles. The minimum atomic E-state index is -4.76. The van der Waals surface area contributed by atoms with Gasteiger partial charge in [0.2, 0.25) is 15.7 Å². The number of β-amino-alcohol motifs (C(OH)–C–C–N with tert-alkyl or cyclic N) is 1. The molecule has 1 aromatic carbocycles. The van der Waals surface area contributed by atoms with Crippen LogP contribution in [0.2, 0.25) is 0 Å². The number of hydrogen-bond donors (Lipinski definition) is 2. The maximum absolute atomic E-state index is 14.3. The number of pyridine rings is 1. The molecular weight excluding hydrogens is 510 g/mol. The zero-order chi connectivity index (χ0) is 26.9. The van der Waals surface area contributed by atoms with Gasteiger partial charge >= 0.3 is 6.18 Å². The Morgan fingerprint density at radius 3 is 2.53 bits per heavy atom. The molecule has 1 aliphatic rings. The lowest BCUT2D eigenvalue weighted by atomic mass is 10.0. The first kappa shape index (κ1) is 27.6. The molecule has 0 unspecified atom stereocenters. The number of aliphatic hydroxyl groups is 2. The molecule has 0 aliphatic carbocycles. The number of nitrogens with zero attached hydrogens (tertiary/aromatic N) is 3. The van der Waals surface area contributed by atoms with Gasteiger partial charge in [0.1, 0.15) is 28.1 Å². The Bertz CT molecular complexity index is 1250. The van der Waals surface area contributed by atoms with Gasteiger partial charge in [-0.1, -0.05) is 13.8 Å². The molecule has 196 valence electrons. The zero-order valence-corrected chi connectivity index (χ0v) is 20.0. The molecule has 3 rings (SSSR count). The number of halogens is 4. The minimum Gasteiger partial charge on any atom is -0.491 e. The molecule has 1 fully saturated rings. The molecule has 1 saturated heterocycles. The average Bonchev–Trinajstić information content (AvgIpc) is 3.15. The summed E-state index contributed by atoms with van der Waals surface area (Å²) in [6.07, 6.45) is -5.64. The molecule has 0 radical (unpaired) electrons. The van der Waals surface area contributed by atoms with E-state index in [1.165, 1.54) is 0 Å². The van der Waals surface area contributed by atoms with Gasteiger partial charge in [-0.2, -0.15) is 17.5 Å². The highest BCUT2D eigenvalue weighted by Crippen LogP contribution is 2.38. The van der Waals surface area contributed by atoms with Crippen molar-refractivity contribution in [2.24, 2.45) is 5.92 Å². The topological polar surface area (TPSA) is 114 Å². The summed E-state index contributed by atoms with van der Waals surface area (Å²) in [6.45, 7) is 8.81. The lowest BCUT2D eigenvalue weighted by molar-refractivity contribution is -0.141. The van der Waals surface area contributed by atoms with Gasteiger partial charge in [-0.25, -0.2) is 17.7 Å². The summed E-state index contributed by atoms with van der Waals surface area (Å²) in [5, 5.41) is 20.7. The third kappa shape index (κ3) is 5.70. The third-order valence-corrected chi connectivity index (χ3v) is 7.13. The Labute approximate surface area is 204 Å². The van der Waals surface area contributed by atoms with Crippen LogP contribution < -0.4 is 9.47 Å². The molecule has 2 N–H and O–H groups in total. The second kappa shape index (κ2) is 10.2. The Morgan fingerprint density at radius 1 is 1.31 bits per heavy atom. The predicted octanol–water partition coefficient (Wildman–Crippen LogP) is 3.00. The quantitative estimate of drug-likeness (QED) is 0.396. The fourth-order valence-electron chi connectivity index (χ4n) is 3.38. The van der Waals surface area contributed by atoms with Gasteiger partial charge in [-0.3, -0.25) is 4.98 Å². The van der Waals surface area contributed by atoms with Crippen LogP contribution in [0.25, 0.3) is 4.85 Å². The van der Waals surface area contributed by atoms with Crippen molar-refractivity contribution in [3.05, 3.63) is 53.4 Å². The molecule has 2 aromatic rings. The monoisotopic (exact) mass is 533 g/mol. The standard InChI is InChI=1S/C22H23F4N3O6S/c1-13(2)10-34-17-7-16(27-3)15(23)6-18(17)35-20-9-29(11-21(20,31)12-30)36(32,33)14-4-5-19(28-8-14)22(24,25)26/h4-8,13,20,30-31H,9-12H2,1-2H3/t20-,21+/m0/s1. The van der Waals surface area contributed by atoms with Crippen LogP contribution in [0, 0.1) is 18.3 Å². The van der Waals surface area contributed by atoms with Gasteiger partial charge in [-0.05, 0) is 24.1 Å². The number of aromatic nitrogens is 1. The van der Waals surface area contributed by atoms with Crippen molar-refractivity contribution in [3.63, 3.8) is 0 Å². The van der Waals surface area contributed by atoms with Crippen LogP contribution in [0.5, 0.6) is 11.5 Å². The lowest BCUT2D eigenvalue weighted by Crippen LogP contribution is -2.48. The number of alkyl halides is 3. The molecule has 0 spiro atoms. The number of rotatable bonds is 8. The second-order valence-corrected chi connectivity index (χ2v) is 10.5. The van der Waals surface area contributed by atoms with E-state index in [-0.39, 0.29) is 29.7 Å². The fraction of sp³-hybridized carbons (Fsp3) is 0.455. The minimum absolute atomic E-state index is 0.0235. The Balaban J connectivity index is 1.91. The SMILES string of the molecule is [C-]#[N+]c1cc(OCC(C)C)c(O[C@H]2CN(S(=O)(=O)c3ccc(C(F)(F)F)nc3)C[C@@]2(O)CO)cc1F. The first-order valence-corrected chi connectivity index (χ1v) is 12.0. The summed E-state index contributed by atoms with van der Waals surface area (Å²) in [5.41, 5.74) is -3.77. The van der Waals surface area contributed by atoms with E-state index in [9.17, 15) is 36.2 Å². The van der Waals surface area contributed by atoms with Crippen molar-refractivity contribution in [3.8, 4) is 11.5 Å². The van der Waals surface area contributed by atoms with Crippen LogP contribution in [0.3, 0.4) is 0 Å². The van der Waals surface area contributed by atoms with E-state index in [4.69, 9.17) is 16.0 Å². The largest absolute Gasteiger partial charge is 0.491 e. The molecule has 1 aliphatic heterocycles. The molecule has 14 heteroatoms. The van der Waals surface area contributed by atoms with E-state index < -0.39 is 64.0 Å². The highest BCUT2D eigenvalue weighted by molar-refractivity contribution is 7.89. The summed E-state index contributed by atoms with van der Waals surface area (Å²) in [5.74, 6) is -1.14. The van der Waals surface area contributed by atoms with Crippen LogP contribution in [-0.4, -0.2) is 65.9 Å². The number of hydrogen-bond acceptors (Lipinski definition) is 7. The molecule has 1 aromatic heterocycles. The summed E-state index contributed by atoms with van der Waals surface area (Å²) >= 11 is 0. The van der Waals surface area contributed by atoms with E-state index in [2.05, 4.69) is 9.83 Å². The van der Waals surface area contributed by atoms with Crippen LogP contribution in [0.4, 0.5) is 23.2 Å². The first-order chi connectivity index (χ1) is 16.7. The van der Waals surface area contributed by atoms with Crippen LogP contribution in [-0.2, 0) is 16.2 Å². The molecular formula is C22H23F4N3O6S. The second-order valence-electron chi connectivity index (χ2n) is 8.61. The van der Waals surface area contributed by atoms with Crippen molar-refractivity contribution < 1.29 is 45.7 Å². The van der Waals surface area contributed by atoms with Crippen molar-refractivity contribution in [2.75, 3.05) is 26.3 Å². The summed E-state index contributed by atoms with van der Waals surface area (Å²) in [6, 6.07) is 3.20. The molecule has 2 atom stereocenters. The van der Waals surface area contributed by atoms with Crippen molar-refractivity contribution >= 4 is 15.7 Å². The van der Waals surface area contributed by atoms with E-state index >= 15 is 0 Å². The van der Waals surface area contributed by atoms with Gasteiger partial charge in [0.15, 0.2) is 11.5 Å². The highest BCUT2D eigenvalue weighted by atomic mass is 32.2. The Morgan fingerprint density at radius 2 is 2.00 bits per heavy atom. The zero-order valence-electron chi connectivity index (χ0n) is 19.2. The lowest BCUT2D eigenvalue weighted by Gasteiger charge is -2.28. The molecule has 0 bridgehead atoms. The Hall–Kier alpha value is -2.99. The van der Waals surface area contributed by atoms with E-state index in [0.29, 0.717) is 12.3 Å².